The van der Waals surface area contributed by atoms with Crippen molar-refractivity contribution in [1.29, 1.82) is 0 Å². The molecule has 1 amide bonds. The summed E-state index contributed by atoms with van der Waals surface area (Å²) >= 11 is 4.65. The van der Waals surface area contributed by atoms with Gasteiger partial charge >= 0.3 is 0 Å². The third-order valence-corrected chi connectivity index (χ3v) is 5.25. The Bertz CT molecular complexity index is 1150. The molecular weight excluding hydrogens is 445 g/mol. The third-order valence-electron chi connectivity index (χ3n) is 3.80. The standard InChI is InChI=1S/C19H13BrFN5OS/c20-13-4-6-15(7-5-13)22-17(27)11-28-18-9-8-16-23-24-19(26(16)25-18)12-2-1-3-14(21)10-12/h1-10H,11H2,(H,22,27). The molecule has 0 aliphatic carbocycles. The highest BCUT2D eigenvalue weighted by Crippen LogP contribution is 2.21. The van der Waals surface area contributed by atoms with Crippen LogP contribution in [0.25, 0.3) is 17.0 Å². The summed E-state index contributed by atoms with van der Waals surface area (Å²) in [5.74, 6) is 0.149. The van der Waals surface area contributed by atoms with Crippen molar-refractivity contribution in [2.75, 3.05) is 11.1 Å². The molecule has 0 bridgehead atoms. The van der Waals surface area contributed by atoms with Crippen LogP contribution in [-0.4, -0.2) is 31.5 Å². The van der Waals surface area contributed by atoms with Crippen molar-refractivity contribution in [3.8, 4) is 11.4 Å². The lowest BCUT2D eigenvalue weighted by molar-refractivity contribution is -0.113. The Kier molecular flexibility index (Phi) is 5.36. The number of fused-ring (bicyclic) bond motifs is 1. The summed E-state index contributed by atoms with van der Waals surface area (Å²) in [6.07, 6.45) is 0. The lowest BCUT2D eigenvalue weighted by Gasteiger charge is -2.06. The van der Waals surface area contributed by atoms with Gasteiger partial charge in [0.25, 0.3) is 0 Å². The number of benzene rings is 2. The molecule has 28 heavy (non-hydrogen) atoms. The zero-order valence-corrected chi connectivity index (χ0v) is 16.7. The van der Waals surface area contributed by atoms with Crippen molar-refractivity contribution < 1.29 is 9.18 Å². The number of nitrogens with one attached hydrogen (secondary N) is 1. The van der Waals surface area contributed by atoms with Gasteiger partial charge < -0.3 is 5.32 Å². The largest absolute Gasteiger partial charge is 0.325 e. The van der Waals surface area contributed by atoms with Gasteiger partial charge in [0.05, 0.1) is 5.75 Å². The lowest BCUT2D eigenvalue weighted by atomic mass is 10.2. The maximum atomic E-state index is 13.5. The first-order valence-corrected chi connectivity index (χ1v) is 10.0. The summed E-state index contributed by atoms with van der Waals surface area (Å²) in [6.45, 7) is 0. The van der Waals surface area contributed by atoms with Gasteiger partial charge in [-0.25, -0.2) is 4.39 Å². The number of carbonyl (C=O) groups excluding carboxylic acids is 1. The van der Waals surface area contributed by atoms with Gasteiger partial charge in [0.15, 0.2) is 11.5 Å². The van der Waals surface area contributed by atoms with E-state index in [0.717, 1.165) is 10.2 Å². The molecule has 4 rings (SSSR count). The molecule has 0 atom stereocenters. The number of nitrogens with zero attached hydrogens (tertiary/aromatic N) is 4. The topological polar surface area (TPSA) is 72.2 Å². The summed E-state index contributed by atoms with van der Waals surface area (Å²) in [7, 11) is 0. The molecular formula is C19H13BrFN5OS. The molecule has 0 unspecified atom stereocenters. The molecule has 0 saturated carbocycles. The van der Waals surface area contributed by atoms with Crippen molar-refractivity contribution in [2.45, 2.75) is 5.03 Å². The fraction of sp³-hybridized carbons (Fsp3) is 0.0526. The minimum Gasteiger partial charge on any atom is -0.325 e. The van der Waals surface area contributed by atoms with Crippen LogP contribution in [0.1, 0.15) is 0 Å². The van der Waals surface area contributed by atoms with Crippen LogP contribution in [0.5, 0.6) is 0 Å². The number of hydrogen-bond donors (Lipinski definition) is 1. The fourth-order valence-corrected chi connectivity index (χ4v) is 3.45. The van der Waals surface area contributed by atoms with Gasteiger partial charge in [-0.15, -0.1) is 10.2 Å². The van der Waals surface area contributed by atoms with Crippen LogP contribution >= 0.6 is 27.7 Å². The van der Waals surface area contributed by atoms with Crippen molar-refractivity contribution in [2.24, 2.45) is 0 Å². The van der Waals surface area contributed by atoms with E-state index in [2.05, 4.69) is 36.5 Å². The smallest absolute Gasteiger partial charge is 0.234 e. The van der Waals surface area contributed by atoms with Crippen LogP contribution in [0.4, 0.5) is 10.1 Å². The summed E-state index contributed by atoms with van der Waals surface area (Å²) in [6, 6.07) is 17.0. The first kappa shape index (κ1) is 18.6. The summed E-state index contributed by atoms with van der Waals surface area (Å²) in [5.41, 5.74) is 1.85. The summed E-state index contributed by atoms with van der Waals surface area (Å²) in [5, 5.41) is 16.1. The average Bonchev–Trinajstić information content (AvgIpc) is 3.11. The van der Waals surface area contributed by atoms with E-state index in [9.17, 15) is 9.18 Å². The molecule has 4 aromatic rings. The van der Waals surface area contributed by atoms with Gasteiger partial charge in [0, 0.05) is 15.7 Å². The molecule has 2 aromatic carbocycles. The predicted molar refractivity (Wildman–Crippen MR) is 110 cm³/mol. The van der Waals surface area contributed by atoms with E-state index >= 15 is 0 Å². The lowest BCUT2D eigenvalue weighted by Crippen LogP contribution is -2.14. The normalized spacial score (nSPS) is 10.9. The fourth-order valence-electron chi connectivity index (χ4n) is 2.53. The second kappa shape index (κ2) is 8.07. The predicted octanol–water partition coefficient (Wildman–Crippen LogP) is 4.42. The molecule has 6 nitrogen and oxygen atoms in total. The van der Waals surface area contributed by atoms with Gasteiger partial charge in [-0.3, -0.25) is 4.79 Å². The molecule has 0 aliphatic rings. The van der Waals surface area contributed by atoms with Crippen LogP contribution < -0.4 is 5.32 Å². The van der Waals surface area contributed by atoms with Crippen LogP contribution in [-0.2, 0) is 4.79 Å². The number of aromatic nitrogens is 4. The zero-order valence-electron chi connectivity index (χ0n) is 14.3. The van der Waals surface area contributed by atoms with Crippen molar-refractivity contribution in [3.63, 3.8) is 0 Å². The number of thioether (sulfide) groups is 1. The maximum absolute atomic E-state index is 13.5. The van der Waals surface area contributed by atoms with E-state index in [4.69, 9.17) is 0 Å². The minimum absolute atomic E-state index is 0.136. The molecule has 0 saturated heterocycles. The molecule has 140 valence electrons. The molecule has 0 radical (unpaired) electrons. The Morgan fingerprint density at radius 3 is 2.71 bits per heavy atom. The van der Waals surface area contributed by atoms with Crippen LogP contribution in [0.3, 0.4) is 0 Å². The van der Waals surface area contributed by atoms with Gasteiger partial charge in [-0.05, 0) is 48.5 Å². The van der Waals surface area contributed by atoms with Crippen LogP contribution in [0, 0.1) is 5.82 Å². The number of carbonyl (C=O) groups is 1. The molecule has 0 fully saturated rings. The second-order valence-corrected chi connectivity index (χ2v) is 7.73. The van der Waals surface area contributed by atoms with E-state index in [1.54, 1.807) is 28.8 Å². The number of anilines is 1. The highest BCUT2D eigenvalue weighted by molar-refractivity contribution is 9.10. The monoisotopic (exact) mass is 457 g/mol. The number of amides is 1. The molecule has 0 aliphatic heterocycles. The first-order chi connectivity index (χ1) is 13.6. The highest BCUT2D eigenvalue weighted by atomic mass is 79.9. The highest BCUT2D eigenvalue weighted by Gasteiger charge is 2.12. The van der Waals surface area contributed by atoms with E-state index < -0.39 is 0 Å². The Balaban J connectivity index is 1.49. The second-order valence-electron chi connectivity index (χ2n) is 5.82. The number of rotatable bonds is 5. The summed E-state index contributed by atoms with van der Waals surface area (Å²) in [4.78, 5) is 12.2. The van der Waals surface area contributed by atoms with Crippen LogP contribution in [0.2, 0.25) is 0 Å². The molecule has 2 heterocycles. The third kappa shape index (κ3) is 4.20. The maximum Gasteiger partial charge on any atom is 0.234 e. The van der Waals surface area contributed by atoms with Gasteiger partial charge in [0.1, 0.15) is 10.8 Å². The quantitative estimate of drug-likeness (QED) is 0.449. The Morgan fingerprint density at radius 2 is 1.93 bits per heavy atom. The number of halogens is 2. The number of hydrogen-bond acceptors (Lipinski definition) is 5. The van der Waals surface area contributed by atoms with Gasteiger partial charge in [-0.2, -0.15) is 9.61 Å². The van der Waals surface area contributed by atoms with E-state index in [1.807, 2.05) is 24.3 Å². The molecule has 1 N–H and O–H groups in total. The van der Waals surface area contributed by atoms with Crippen molar-refractivity contribution in [3.05, 3.63) is 71.0 Å². The Morgan fingerprint density at radius 1 is 1.11 bits per heavy atom. The SMILES string of the molecule is O=C(CSc1ccc2nnc(-c3cccc(F)c3)n2n1)Nc1ccc(Br)cc1. The minimum atomic E-state index is -0.357. The Labute approximate surface area is 172 Å². The first-order valence-electron chi connectivity index (χ1n) is 8.25. The molecule has 9 heteroatoms. The van der Waals surface area contributed by atoms with E-state index in [1.165, 1.54) is 23.9 Å². The summed E-state index contributed by atoms with van der Waals surface area (Å²) < 4.78 is 16.0. The average molecular weight is 458 g/mol. The molecule has 2 aromatic heterocycles. The zero-order chi connectivity index (χ0) is 19.5. The Hall–Kier alpha value is -2.78. The van der Waals surface area contributed by atoms with Crippen molar-refractivity contribution >= 4 is 44.9 Å². The van der Waals surface area contributed by atoms with Crippen LogP contribution in [0.15, 0.2) is 70.2 Å². The molecule has 0 spiro atoms. The van der Waals surface area contributed by atoms with Gasteiger partial charge in [-0.1, -0.05) is 39.8 Å². The van der Waals surface area contributed by atoms with E-state index in [0.29, 0.717) is 22.1 Å². The van der Waals surface area contributed by atoms with Gasteiger partial charge in [0.2, 0.25) is 5.91 Å². The van der Waals surface area contributed by atoms with E-state index in [-0.39, 0.29) is 17.5 Å². The van der Waals surface area contributed by atoms with Crippen molar-refractivity contribution in [1.82, 2.24) is 19.8 Å².